The number of hydrogen-bond donors (Lipinski definition) is 3. The Bertz CT molecular complexity index is 486. The Morgan fingerprint density at radius 2 is 2.00 bits per heavy atom. The Morgan fingerprint density at radius 1 is 1.24 bits per heavy atom. The normalized spacial score (nSPS) is 25.3. The van der Waals surface area contributed by atoms with Crippen molar-refractivity contribution in [1.82, 2.24) is 15.0 Å². The van der Waals surface area contributed by atoms with Crippen LogP contribution in [-0.4, -0.2) is 65.6 Å². The summed E-state index contributed by atoms with van der Waals surface area (Å²) < 4.78 is 5.23. The molecule has 3 N–H and O–H groups in total. The van der Waals surface area contributed by atoms with Crippen molar-refractivity contribution in [2.24, 2.45) is 0 Å². The standard InChI is InChI=1S/C13H22N6O2/c1-14-10-16-11(15-8-13(20)4-7-21-9-13)18-12(17-10)19-5-2-3-6-19/h20H,2-9H2,1H3,(H2,14,15,16,17,18). The van der Waals surface area contributed by atoms with Gasteiger partial charge < -0.3 is 25.4 Å². The van der Waals surface area contributed by atoms with Crippen molar-refractivity contribution < 1.29 is 9.84 Å². The van der Waals surface area contributed by atoms with Gasteiger partial charge in [-0.05, 0) is 12.8 Å². The van der Waals surface area contributed by atoms with Crippen LogP contribution in [0.15, 0.2) is 0 Å². The van der Waals surface area contributed by atoms with E-state index in [-0.39, 0.29) is 0 Å². The predicted molar refractivity (Wildman–Crippen MR) is 79.7 cm³/mol. The summed E-state index contributed by atoms with van der Waals surface area (Å²) in [5.41, 5.74) is -0.833. The van der Waals surface area contributed by atoms with E-state index in [1.165, 1.54) is 12.8 Å². The lowest BCUT2D eigenvalue weighted by Crippen LogP contribution is -2.37. The molecule has 2 fully saturated rings. The molecule has 1 aromatic rings. The van der Waals surface area contributed by atoms with Crippen molar-refractivity contribution in [1.29, 1.82) is 0 Å². The van der Waals surface area contributed by atoms with E-state index in [1.54, 1.807) is 7.05 Å². The van der Waals surface area contributed by atoms with Crippen LogP contribution in [0.3, 0.4) is 0 Å². The molecule has 0 saturated carbocycles. The second-order valence-electron chi connectivity index (χ2n) is 5.61. The van der Waals surface area contributed by atoms with Gasteiger partial charge in [0.25, 0.3) is 0 Å². The van der Waals surface area contributed by atoms with E-state index >= 15 is 0 Å². The summed E-state index contributed by atoms with van der Waals surface area (Å²) in [4.78, 5) is 15.3. The highest BCUT2D eigenvalue weighted by atomic mass is 16.5. The van der Waals surface area contributed by atoms with Crippen LogP contribution in [0.5, 0.6) is 0 Å². The fourth-order valence-corrected chi connectivity index (χ4v) is 2.59. The fourth-order valence-electron chi connectivity index (χ4n) is 2.59. The monoisotopic (exact) mass is 294 g/mol. The predicted octanol–water partition coefficient (Wildman–Crippen LogP) is 0.0768. The molecule has 3 rings (SSSR count). The summed E-state index contributed by atoms with van der Waals surface area (Å²) in [5.74, 6) is 1.70. The number of rotatable bonds is 5. The van der Waals surface area contributed by atoms with Gasteiger partial charge in [-0.3, -0.25) is 0 Å². The van der Waals surface area contributed by atoms with Gasteiger partial charge in [-0.2, -0.15) is 15.0 Å². The number of nitrogens with zero attached hydrogens (tertiary/aromatic N) is 4. The molecule has 1 unspecified atom stereocenters. The molecule has 0 radical (unpaired) electrons. The number of anilines is 3. The number of nitrogens with one attached hydrogen (secondary N) is 2. The maximum absolute atomic E-state index is 10.3. The van der Waals surface area contributed by atoms with Gasteiger partial charge in [-0.15, -0.1) is 0 Å². The molecule has 0 aliphatic carbocycles. The number of hydrogen-bond acceptors (Lipinski definition) is 8. The summed E-state index contributed by atoms with van der Waals surface area (Å²) in [6.07, 6.45) is 2.96. The first-order chi connectivity index (χ1) is 10.2. The summed E-state index contributed by atoms with van der Waals surface area (Å²) >= 11 is 0. The molecule has 1 aromatic heterocycles. The maximum Gasteiger partial charge on any atom is 0.231 e. The zero-order chi connectivity index (χ0) is 14.7. The van der Waals surface area contributed by atoms with Crippen molar-refractivity contribution in [3.8, 4) is 0 Å². The molecule has 0 spiro atoms. The molecule has 21 heavy (non-hydrogen) atoms. The quantitative estimate of drug-likeness (QED) is 0.702. The van der Waals surface area contributed by atoms with Crippen molar-refractivity contribution >= 4 is 17.8 Å². The van der Waals surface area contributed by atoms with Gasteiger partial charge in [0, 0.05) is 39.7 Å². The highest BCUT2D eigenvalue weighted by molar-refractivity contribution is 5.44. The molecule has 0 amide bonds. The number of ether oxygens (including phenoxy) is 1. The first-order valence-corrected chi connectivity index (χ1v) is 7.41. The lowest BCUT2D eigenvalue weighted by Gasteiger charge is -2.21. The minimum absolute atomic E-state index is 0.350. The molecule has 8 heteroatoms. The van der Waals surface area contributed by atoms with E-state index < -0.39 is 5.60 Å². The fraction of sp³-hybridized carbons (Fsp3) is 0.769. The van der Waals surface area contributed by atoms with Gasteiger partial charge in [0.05, 0.1) is 6.61 Å². The van der Waals surface area contributed by atoms with Crippen LogP contribution in [0.2, 0.25) is 0 Å². The second-order valence-corrected chi connectivity index (χ2v) is 5.61. The van der Waals surface area contributed by atoms with Crippen LogP contribution in [0.25, 0.3) is 0 Å². The third-order valence-corrected chi connectivity index (χ3v) is 3.89. The zero-order valence-corrected chi connectivity index (χ0v) is 12.3. The lowest BCUT2D eigenvalue weighted by molar-refractivity contribution is 0.0380. The molecule has 0 aromatic carbocycles. The molecular formula is C13H22N6O2. The van der Waals surface area contributed by atoms with Crippen LogP contribution >= 0.6 is 0 Å². The van der Waals surface area contributed by atoms with Crippen molar-refractivity contribution in [3.63, 3.8) is 0 Å². The van der Waals surface area contributed by atoms with E-state index in [4.69, 9.17) is 4.74 Å². The highest BCUT2D eigenvalue weighted by Crippen LogP contribution is 2.21. The minimum Gasteiger partial charge on any atom is -0.386 e. The topological polar surface area (TPSA) is 95.4 Å². The summed E-state index contributed by atoms with van der Waals surface area (Å²) in [7, 11) is 1.78. The van der Waals surface area contributed by atoms with Gasteiger partial charge in [0.15, 0.2) is 0 Å². The van der Waals surface area contributed by atoms with Crippen molar-refractivity contribution in [2.75, 3.05) is 55.4 Å². The minimum atomic E-state index is -0.833. The SMILES string of the molecule is CNc1nc(NCC2(O)CCOC2)nc(N2CCCC2)n1. The van der Waals surface area contributed by atoms with Crippen LogP contribution in [0.4, 0.5) is 17.8 Å². The molecule has 2 aliphatic rings. The van der Waals surface area contributed by atoms with E-state index in [0.717, 1.165) is 13.1 Å². The summed E-state index contributed by atoms with van der Waals surface area (Å²) in [5, 5.41) is 16.3. The van der Waals surface area contributed by atoms with E-state index in [1.807, 2.05) is 0 Å². The smallest absolute Gasteiger partial charge is 0.231 e. The van der Waals surface area contributed by atoms with Crippen LogP contribution < -0.4 is 15.5 Å². The van der Waals surface area contributed by atoms with Gasteiger partial charge in [0.2, 0.25) is 17.8 Å². The third kappa shape index (κ3) is 3.33. The maximum atomic E-state index is 10.3. The van der Waals surface area contributed by atoms with Crippen LogP contribution in [-0.2, 0) is 4.74 Å². The Morgan fingerprint density at radius 3 is 2.67 bits per heavy atom. The molecule has 3 heterocycles. The second kappa shape index (κ2) is 5.98. The Balaban J connectivity index is 1.72. The zero-order valence-electron chi connectivity index (χ0n) is 12.3. The van der Waals surface area contributed by atoms with Gasteiger partial charge in [-0.1, -0.05) is 0 Å². The highest BCUT2D eigenvalue weighted by Gasteiger charge is 2.32. The van der Waals surface area contributed by atoms with E-state index in [2.05, 4.69) is 30.5 Å². The Hall–Kier alpha value is -1.67. The molecule has 2 saturated heterocycles. The molecule has 2 aliphatic heterocycles. The van der Waals surface area contributed by atoms with Crippen LogP contribution in [0.1, 0.15) is 19.3 Å². The largest absolute Gasteiger partial charge is 0.386 e. The number of aliphatic hydroxyl groups is 1. The third-order valence-electron chi connectivity index (χ3n) is 3.89. The van der Waals surface area contributed by atoms with Gasteiger partial charge >= 0.3 is 0 Å². The molecule has 1 atom stereocenters. The first-order valence-electron chi connectivity index (χ1n) is 7.41. The molecule has 8 nitrogen and oxygen atoms in total. The van der Waals surface area contributed by atoms with Crippen LogP contribution in [0, 0.1) is 0 Å². The van der Waals surface area contributed by atoms with Gasteiger partial charge in [-0.25, -0.2) is 0 Å². The van der Waals surface area contributed by atoms with Gasteiger partial charge in [0.1, 0.15) is 5.60 Å². The van der Waals surface area contributed by atoms with Crippen molar-refractivity contribution in [2.45, 2.75) is 24.9 Å². The Labute approximate surface area is 123 Å². The molecular weight excluding hydrogens is 272 g/mol. The summed E-state index contributed by atoms with van der Waals surface area (Å²) in [6, 6.07) is 0. The van der Waals surface area contributed by atoms with E-state index in [9.17, 15) is 5.11 Å². The molecule has 0 bridgehead atoms. The van der Waals surface area contributed by atoms with E-state index in [0.29, 0.717) is 44.0 Å². The van der Waals surface area contributed by atoms with Crippen molar-refractivity contribution in [3.05, 3.63) is 0 Å². The first kappa shape index (κ1) is 14.3. The number of aromatic nitrogens is 3. The summed E-state index contributed by atoms with van der Waals surface area (Å²) in [6.45, 7) is 3.27. The Kier molecular flexibility index (Phi) is 4.07. The molecule has 116 valence electrons. The average Bonchev–Trinajstić information content (AvgIpc) is 3.17. The average molecular weight is 294 g/mol. The lowest BCUT2D eigenvalue weighted by atomic mass is 10.0.